The van der Waals surface area contributed by atoms with Crippen molar-refractivity contribution in [3.63, 3.8) is 0 Å². The van der Waals surface area contributed by atoms with Crippen LogP contribution in [0.15, 0.2) is 24.3 Å². The molecule has 1 atom stereocenters. The fraction of sp³-hybridized carbons (Fsp3) is 0.385. The average molecular weight is 268 g/mol. The van der Waals surface area contributed by atoms with Crippen LogP contribution >= 0.6 is 0 Å². The summed E-state index contributed by atoms with van der Waals surface area (Å²) >= 11 is 0. The number of nitrogens with one attached hydrogen (secondary N) is 1. The van der Waals surface area contributed by atoms with E-state index in [1.54, 1.807) is 6.92 Å². The molecule has 104 valence electrons. The SMILES string of the molecule is CCC(CC(=O)O)NC(=O)N(C)c1ccc(F)cc1. The maximum Gasteiger partial charge on any atom is 0.321 e. The van der Waals surface area contributed by atoms with Crippen LogP contribution in [-0.4, -0.2) is 30.2 Å². The molecule has 0 saturated carbocycles. The van der Waals surface area contributed by atoms with Crippen LogP contribution in [0.2, 0.25) is 0 Å². The summed E-state index contributed by atoms with van der Waals surface area (Å²) in [5, 5.41) is 11.3. The minimum absolute atomic E-state index is 0.125. The molecule has 1 aromatic carbocycles. The molecule has 0 saturated heterocycles. The van der Waals surface area contributed by atoms with E-state index in [0.717, 1.165) is 0 Å². The van der Waals surface area contributed by atoms with E-state index in [2.05, 4.69) is 5.32 Å². The van der Waals surface area contributed by atoms with Gasteiger partial charge in [0, 0.05) is 18.8 Å². The van der Waals surface area contributed by atoms with E-state index in [4.69, 9.17) is 5.11 Å². The number of anilines is 1. The number of halogens is 1. The van der Waals surface area contributed by atoms with Crippen molar-refractivity contribution in [2.75, 3.05) is 11.9 Å². The number of nitrogens with zero attached hydrogens (tertiary/aromatic N) is 1. The van der Waals surface area contributed by atoms with E-state index in [-0.39, 0.29) is 12.2 Å². The molecule has 0 spiro atoms. The lowest BCUT2D eigenvalue weighted by Crippen LogP contribution is -2.43. The molecule has 0 aliphatic heterocycles. The van der Waals surface area contributed by atoms with Crippen LogP contribution in [0.25, 0.3) is 0 Å². The van der Waals surface area contributed by atoms with E-state index >= 15 is 0 Å². The monoisotopic (exact) mass is 268 g/mol. The maximum atomic E-state index is 12.8. The Morgan fingerprint density at radius 1 is 1.37 bits per heavy atom. The summed E-state index contributed by atoms with van der Waals surface area (Å²) in [6, 6.07) is 4.63. The minimum Gasteiger partial charge on any atom is -0.481 e. The molecule has 0 bridgehead atoms. The highest BCUT2D eigenvalue weighted by atomic mass is 19.1. The summed E-state index contributed by atoms with van der Waals surface area (Å²) in [6.45, 7) is 1.80. The standard InChI is InChI=1S/C13H17FN2O3/c1-3-10(8-12(17)18)15-13(19)16(2)11-6-4-9(14)5-7-11/h4-7,10H,3,8H2,1-2H3,(H,15,19)(H,17,18). The average Bonchev–Trinajstić information content (AvgIpc) is 2.37. The molecular weight excluding hydrogens is 251 g/mol. The molecule has 0 radical (unpaired) electrons. The summed E-state index contributed by atoms with van der Waals surface area (Å²) < 4.78 is 12.8. The number of hydrogen-bond donors (Lipinski definition) is 2. The Balaban J connectivity index is 2.66. The highest BCUT2D eigenvalue weighted by Crippen LogP contribution is 2.13. The van der Waals surface area contributed by atoms with Gasteiger partial charge in [0.25, 0.3) is 0 Å². The second-order valence-electron chi connectivity index (χ2n) is 4.19. The van der Waals surface area contributed by atoms with Crippen molar-refractivity contribution in [1.82, 2.24) is 5.32 Å². The first-order valence-corrected chi connectivity index (χ1v) is 5.95. The van der Waals surface area contributed by atoms with Gasteiger partial charge in [-0.3, -0.25) is 9.69 Å². The third kappa shape index (κ3) is 4.57. The van der Waals surface area contributed by atoms with Crippen molar-refractivity contribution in [2.24, 2.45) is 0 Å². The Kier molecular flexibility index (Phi) is 5.29. The van der Waals surface area contributed by atoms with Crippen molar-refractivity contribution >= 4 is 17.7 Å². The van der Waals surface area contributed by atoms with Crippen LogP contribution < -0.4 is 10.2 Å². The first-order chi connectivity index (χ1) is 8.93. The molecule has 19 heavy (non-hydrogen) atoms. The number of carboxylic acid groups (broad SMARTS) is 1. The topological polar surface area (TPSA) is 69.6 Å². The number of carboxylic acids is 1. The summed E-state index contributed by atoms with van der Waals surface area (Å²) in [4.78, 5) is 23.8. The van der Waals surface area contributed by atoms with Gasteiger partial charge in [-0.2, -0.15) is 0 Å². The van der Waals surface area contributed by atoms with Gasteiger partial charge in [0.2, 0.25) is 0 Å². The highest BCUT2D eigenvalue weighted by molar-refractivity contribution is 5.91. The number of aliphatic carboxylic acids is 1. The van der Waals surface area contributed by atoms with Gasteiger partial charge in [-0.15, -0.1) is 0 Å². The first-order valence-electron chi connectivity index (χ1n) is 5.95. The van der Waals surface area contributed by atoms with E-state index in [9.17, 15) is 14.0 Å². The zero-order valence-electron chi connectivity index (χ0n) is 10.9. The Morgan fingerprint density at radius 3 is 2.42 bits per heavy atom. The summed E-state index contributed by atoms with van der Waals surface area (Å²) in [6.07, 6.45) is 0.398. The van der Waals surface area contributed by atoms with E-state index < -0.39 is 18.0 Å². The number of carbonyl (C=O) groups excluding carboxylic acids is 1. The smallest absolute Gasteiger partial charge is 0.321 e. The number of hydrogen-bond acceptors (Lipinski definition) is 2. The van der Waals surface area contributed by atoms with Gasteiger partial charge in [-0.1, -0.05) is 6.92 Å². The molecule has 0 heterocycles. The van der Waals surface area contributed by atoms with Crippen molar-refractivity contribution in [1.29, 1.82) is 0 Å². The Labute approximate surface area is 111 Å². The van der Waals surface area contributed by atoms with Gasteiger partial charge >= 0.3 is 12.0 Å². The van der Waals surface area contributed by atoms with Gasteiger partial charge in [-0.05, 0) is 30.7 Å². The largest absolute Gasteiger partial charge is 0.481 e. The van der Waals surface area contributed by atoms with E-state index in [1.165, 1.54) is 36.2 Å². The van der Waals surface area contributed by atoms with Gasteiger partial charge in [0.05, 0.1) is 6.42 Å². The summed E-state index contributed by atoms with van der Waals surface area (Å²) in [5.41, 5.74) is 0.532. The summed E-state index contributed by atoms with van der Waals surface area (Å²) in [7, 11) is 1.54. The molecule has 0 aliphatic rings. The number of rotatable bonds is 5. The third-order valence-corrected chi connectivity index (χ3v) is 2.76. The Hall–Kier alpha value is -2.11. The van der Waals surface area contributed by atoms with Crippen LogP contribution in [0.3, 0.4) is 0 Å². The van der Waals surface area contributed by atoms with Crippen LogP contribution in [-0.2, 0) is 4.79 Å². The molecule has 2 amide bonds. The molecule has 0 fully saturated rings. The van der Waals surface area contributed by atoms with Gasteiger partial charge in [0.15, 0.2) is 0 Å². The van der Waals surface area contributed by atoms with Crippen LogP contribution in [0.1, 0.15) is 19.8 Å². The van der Waals surface area contributed by atoms with Crippen LogP contribution in [0.5, 0.6) is 0 Å². The molecule has 5 nitrogen and oxygen atoms in total. The molecule has 1 aromatic rings. The molecule has 6 heteroatoms. The molecule has 0 aliphatic carbocycles. The third-order valence-electron chi connectivity index (χ3n) is 2.76. The summed E-state index contributed by atoms with van der Waals surface area (Å²) in [5.74, 6) is -1.34. The zero-order chi connectivity index (χ0) is 14.4. The van der Waals surface area contributed by atoms with Crippen molar-refractivity contribution in [2.45, 2.75) is 25.8 Å². The van der Waals surface area contributed by atoms with Crippen molar-refractivity contribution in [3.8, 4) is 0 Å². The van der Waals surface area contributed by atoms with Gasteiger partial charge in [0.1, 0.15) is 5.82 Å². The quantitative estimate of drug-likeness (QED) is 0.860. The second-order valence-corrected chi connectivity index (χ2v) is 4.19. The van der Waals surface area contributed by atoms with Crippen LogP contribution in [0.4, 0.5) is 14.9 Å². The van der Waals surface area contributed by atoms with E-state index in [0.29, 0.717) is 12.1 Å². The lowest BCUT2D eigenvalue weighted by molar-refractivity contribution is -0.137. The molecule has 1 unspecified atom stereocenters. The molecule has 0 aromatic heterocycles. The minimum atomic E-state index is -0.961. The molecular formula is C13H17FN2O3. The van der Waals surface area contributed by atoms with Gasteiger partial charge in [-0.25, -0.2) is 9.18 Å². The first kappa shape index (κ1) is 14.9. The lowest BCUT2D eigenvalue weighted by Gasteiger charge is -2.22. The molecule has 1 rings (SSSR count). The number of urea groups is 1. The Bertz CT molecular complexity index is 448. The fourth-order valence-corrected chi connectivity index (χ4v) is 1.56. The predicted octanol–water partition coefficient (Wildman–Crippen LogP) is 2.22. The number of carbonyl (C=O) groups is 2. The number of amides is 2. The van der Waals surface area contributed by atoms with Crippen molar-refractivity contribution < 1.29 is 19.1 Å². The normalized spacial score (nSPS) is 11.7. The van der Waals surface area contributed by atoms with Crippen molar-refractivity contribution in [3.05, 3.63) is 30.1 Å². The number of benzene rings is 1. The second kappa shape index (κ2) is 6.72. The highest BCUT2D eigenvalue weighted by Gasteiger charge is 2.17. The van der Waals surface area contributed by atoms with Crippen LogP contribution in [0, 0.1) is 5.82 Å². The zero-order valence-corrected chi connectivity index (χ0v) is 10.9. The van der Waals surface area contributed by atoms with Gasteiger partial charge < -0.3 is 10.4 Å². The fourth-order valence-electron chi connectivity index (χ4n) is 1.56. The molecule has 2 N–H and O–H groups in total. The lowest BCUT2D eigenvalue weighted by atomic mass is 10.1. The predicted molar refractivity (Wildman–Crippen MR) is 69.7 cm³/mol. The maximum absolute atomic E-state index is 12.8. The van der Waals surface area contributed by atoms with E-state index in [1.807, 2.05) is 0 Å². The Morgan fingerprint density at radius 2 is 1.95 bits per heavy atom.